The Bertz CT molecular complexity index is 586. The van der Waals surface area contributed by atoms with Gasteiger partial charge in [0.15, 0.2) is 0 Å². The summed E-state index contributed by atoms with van der Waals surface area (Å²) in [6.07, 6.45) is 1.79. The summed E-state index contributed by atoms with van der Waals surface area (Å²) in [5.74, 6) is -1.11. The minimum absolute atomic E-state index is 0.0366. The third kappa shape index (κ3) is 3.38. The number of hydrogen-bond donors (Lipinski definition) is 1. The van der Waals surface area contributed by atoms with Crippen molar-refractivity contribution in [3.05, 3.63) is 49.9 Å². The summed E-state index contributed by atoms with van der Waals surface area (Å²) < 4.78 is 27.6. The van der Waals surface area contributed by atoms with E-state index in [9.17, 15) is 8.78 Å². The molecule has 1 N–H and O–H groups in total. The van der Waals surface area contributed by atoms with E-state index in [1.54, 1.807) is 17.5 Å². The quantitative estimate of drug-likeness (QED) is 0.832. The van der Waals surface area contributed by atoms with Crippen molar-refractivity contribution >= 4 is 27.3 Å². The van der Waals surface area contributed by atoms with Crippen LogP contribution in [0, 0.1) is 18.6 Å². The van der Waals surface area contributed by atoms with Gasteiger partial charge in [0.25, 0.3) is 0 Å². The number of nitrogens with one attached hydrogen (secondary N) is 1. The maximum absolute atomic E-state index is 13.8. The average Bonchev–Trinajstić information content (AvgIpc) is 2.80. The Balaban J connectivity index is 2.09. The highest BCUT2D eigenvalue weighted by molar-refractivity contribution is 9.10. The highest BCUT2D eigenvalue weighted by atomic mass is 79.9. The van der Waals surface area contributed by atoms with Crippen LogP contribution in [0.3, 0.4) is 0 Å². The zero-order valence-electron chi connectivity index (χ0n) is 10.5. The summed E-state index contributed by atoms with van der Waals surface area (Å²) in [5.41, 5.74) is 0.0366. The first kappa shape index (κ1) is 14.6. The van der Waals surface area contributed by atoms with Gasteiger partial charge in [0.05, 0.1) is 10.5 Å². The molecular weight excluding hydrogens is 334 g/mol. The number of hydrogen-bond acceptors (Lipinski definition) is 3. The Morgan fingerprint density at radius 2 is 2.16 bits per heavy atom. The molecule has 1 aromatic heterocycles. The van der Waals surface area contributed by atoms with Crippen LogP contribution in [-0.2, 0) is 6.54 Å². The van der Waals surface area contributed by atoms with Crippen molar-refractivity contribution < 1.29 is 8.78 Å². The van der Waals surface area contributed by atoms with Gasteiger partial charge in [-0.1, -0.05) is 0 Å². The Hall–Kier alpha value is -0.850. The average molecular weight is 347 g/mol. The highest BCUT2D eigenvalue weighted by Crippen LogP contribution is 2.23. The molecule has 102 valence electrons. The molecule has 0 radical (unpaired) electrons. The Labute approximate surface area is 123 Å². The molecule has 0 amide bonds. The number of benzene rings is 1. The molecule has 1 atom stereocenters. The fraction of sp³-hybridized carbons (Fsp3) is 0.308. The number of nitrogens with zero attached hydrogens (tertiary/aromatic N) is 1. The van der Waals surface area contributed by atoms with Crippen LogP contribution in [-0.4, -0.2) is 4.98 Å². The molecule has 19 heavy (non-hydrogen) atoms. The lowest BCUT2D eigenvalue weighted by molar-refractivity contribution is 0.506. The van der Waals surface area contributed by atoms with E-state index in [2.05, 4.69) is 26.2 Å². The second-order valence-electron chi connectivity index (χ2n) is 4.23. The Morgan fingerprint density at radius 3 is 2.79 bits per heavy atom. The molecule has 2 nitrogen and oxygen atoms in total. The molecule has 1 aromatic carbocycles. The van der Waals surface area contributed by atoms with Crippen LogP contribution in [0.4, 0.5) is 8.78 Å². The Kier molecular flexibility index (Phi) is 4.65. The van der Waals surface area contributed by atoms with Crippen molar-refractivity contribution in [3.8, 4) is 0 Å². The Morgan fingerprint density at radius 1 is 1.42 bits per heavy atom. The van der Waals surface area contributed by atoms with Gasteiger partial charge in [-0.15, -0.1) is 11.3 Å². The minimum Gasteiger partial charge on any atom is -0.304 e. The van der Waals surface area contributed by atoms with Crippen molar-refractivity contribution in [1.82, 2.24) is 10.3 Å². The SMILES string of the molecule is Cc1cnc(C(C)NCc2c(F)ccc(Br)c2F)s1. The van der Waals surface area contributed by atoms with Crippen molar-refractivity contribution in [2.24, 2.45) is 0 Å². The zero-order valence-corrected chi connectivity index (χ0v) is 12.9. The van der Waals surface area contributed by atoms with Crippen LogP contribution in [0.1, 0.15) is 28.4 Å². The monoisotopic (exact) mass is 346 g/mol. The first-order chi connectivity index (χ1) is 8.99. The number of halogens is 3. The van der Waals surface area contributed by atoms with Gasteiger partial charge in [-0.3, -0.25) is 0 Å². The van der Waals surface area contributed by atoms with Crippen molar-refractivity contribution in [2.75, 3.05) is 0 Å². The van der Waals surface area contributed by atoms with Crippen LogP contribution in [0.15, 0.2) is 22.8 Å². The van der Waals surface area contributed by atoms with Crippen LogP contribution >= 0.6 is 27.3 Å². The summed E-state index contributed by atoms with van der Waals surface area (Å²) in [6, 6.07) is 2.57. The summed E-state index contributed by atoms with van der Waals surface area (Å²) in [6.45, 7) is 4.02. The molecule has 2 aromatic rings. The van der Waals surface area contributed by atoms with E-state index in [1.807, 2.05) is 13.8 Å². The van der Waals surface area contributed by atoms with Gasteiger partial charge in [-0.25, -0.2) is 13.8 Å². The molecular formula is C13H13BrF2N2S. The van der Waals surface area contributed by atoms with E-state index in [-0.39, 0.29) is 22.6 Å². The molecule has 2 rings (SSSR count). The zero-order chi connectivity index (χ0) is 14.0. The first-order valence-electron chi connectivity index (χ1n) is 5.77. The fourth-order valence-electron chi connectivity index (χ4n) is 1.65. The standard InChI is InChI=1S/C13H13BrF2N2S/c1-7-5-18-13(19-7)8(2)17-6-9-11(15)4-3-10(14)12(9)16/h3-5,8,17H,6H2,1-2H3. The first-order valence-corrected chi connectivity index (χ1v) is 7.38. The summed E-state index contributed by atoms with van der Waals surface area (Å²) in [4.78, 5) is 5.36. The molecule has 0 aliphatic carbocycles. The summed E-state index contributed by atoms with van der Waals surface area (Å²) in [7, 11) is 0. The number of aryl methyl sites for hydroxylation is 1. The summed E-state index contributed by atoms with van der Waals surface area (Å²) in [5, 5.41) is 3.99. The molecule has 0 aliphatic rings. The molecule has 6 heteroatoms. The second kappa shape index (κ2) is 6.07. The van der Waals surface area contributed by atoms with Gasteiger partial charge >= 0.3 is 0 Å². The highest BCUT2D eigenvalue weighted by Gasteiger charge is 2.15. The lowest BCUT2D eigenvalue weighted by Gasteiger charge is -2.12. The fourth-order valence-corrected chi connectivity index (χ4v) is 2.82. The van der Waals surface area contributed by atoms with Crippen molar-refractivity contribution in [2.45, 2.75) is 26.4 Å². The molecule has 0 bridgehead atoms. The predicted octanol–water partition coefficient (Wildman–Crippen LogP) is 4.34. The van der Waals surface area contributed by atoms with Gasteiger partial charge in [-0.05, 0) is 41.9 Å². The maximum atomic E-state index is 13.8. The molecule has 0 fully saturated rings. The summed E-state index contributed by atoms with van der Waals surface area (Å²) >= 11 is 4.63. The number of rotatable bonds is 4. The van der Waals surface area contributed by atoms with Gasteiger partial charge < -0.3 is 5.32 Å². The topological polar surface area (TPSA) is 24.9 Å². The van der Waals surface area contributed by atoms with E-state index in [0.29, 0.717) is 0 Å². The van der Waals surface area contributed by atoms with Gasteiger partial charge in [0.1, 0.15) is 16.6 Å². The van der Waals surface area contributed by atoms with Crippen LogP contribution < -0.4 is 5.32 Å². The largest absolute Gasteiger partial charge is 0.304 e. The van der Waals surface area contributed by atoms with Crippen LogP contribution in [0.5, 0.6) is 0 Å². The lowest BCUT2D eigenvalue weighted by Crippen LogP contribution is -2.19. The van der Waals surface area contributed by atoms with Crippen LogP contribution in [0.2, 0.25) is 0 Å². The number of thiazole rings is 1. The van der Waals surface area contributed by atoms with E-state index in [0.717, 1.165) is 9.88 Å². The third-order valence-corrected chi connectivity index (χ3v) is 4.44. The van der Waals surface area contributed by atoms with Gasteiger partial charge in [0, 0.05) is 23.2 Å². The van der Waals surface area contributed by atoms with E-state index < -0.39 is 11.6 Å². The molecule has 1 unspecified atom stereocenters. The third-order valence-electron chi connectivity index (χ3n) is 2.73. The maximum Gasteiger partial charge on any atom is 0.144 e. The molecule has 0 saturated carbocycles. The van der Waals surface area contributed by atoms with E-state index >= 15 is 0 Å². The molecule has 0 aliphatic heterocycles. The molecule has 0 saturated heterocycles. The van der Waals surface area contributed by atoms with Gasteiger partial charge in [-0.2, -0.15) is 0 Å². The number of aromatic nitrogens is 1. The molecule has 0 spiro atoms. The lowest BCUT2D eigenvalue weighted by atomic mass is 10.2. The predicted molar refractivity (Wildman–Crippen MR) is 76.2 cm³/mol. The van der Waals surface area contributed by atoms with Gasteiger partial charge in [0.2, 0.25) is 0 Å². The second-order valence-corrected chi connectivity index (χ2v) is 6.35. The molecule has 1 heterocycles. The normalized spacial score (nSPS) is 12.7. The smallest absolute Gasteiger partial charge is 0.144 e. The van der Waals surface area contributed by atoms with E-state index in [4.69, 9.17) is 0 Å². The van der Waals surface area contributed by atoms with Crippen molar-refractivity contribution in [1.29, 1.82) is 0 Å². The van der Waals surface area contributed by atoms with Crippen molar-refractivity contribution in [3.63, 3.8) is 0 Å². The minimum atomic E-state index is -0.560. The van der Waals surface area contributed by atoms with Crippen LogP contribution in [0.25, 0.3) is 0 Å². The van der Waals surface area contributed by atoms with E-state index in [1.165, 1.54) is 12.1 Å².